The lowest BCUT2D eigenvalue weighted by Gasteiger charge is -2.13. The van der Waals surface area contributed by atoms with Crippen LogP contribution in [0.2, 0.25) is 0 Å². The van der Waals surface area contributed by atoms with Crippen molar-refractivity contribution in [1.82, 2.24) is 4.72 Å². The Labute approximate surface area is 119 Å². The zero-order valence-electron chi connectivity index (χ0n) is 11.2. The summed E-state index contributed by atoms with van der Waals surface area (Å²) in [4.78, 5) is 0.142. The smallest absolute Gasteiger partial charge is 0.240 e. The molecule has 8 heteroatoms. The van der Waals surface area contributed by atoms with Crippen LogP contribution in [0.15, 0.2) is 29.2 Å². The van der Waals surface area contributed by atoms with E-state index in [4.69, 9.17) is 0 Å². The first-order valence-corrected chi connectivity index (χ1v) is 9.74. The van der Waals surface area contributed by atoms with Crippen LogP contribution >= 0.6 is 0 Å². The number of anilines is 1. The van der Waals surface area contributed by atoms with Gasteiger partial charge in [-0.15, -0.1) is 0 Å². The molecule has 0 bridgehead atoms. The summed E-state index contributed by atoms with van der Waals surface area (Å²) in [7, 11) is -6.89. The van der Waals surface area contributed by atoms with E-state index in [1.807, 2.05) is 0 Å². The Morgan fingerprint density at radius 3 is 2.05 bits per heavy atom. The third kappa shape index (κ3) is 4.19. The lowest BCUT2D eigenvalue weighted by atomic mass is 10.3. The van der Waals surface area contributed by atoms with Crippen LogP contribution in [0.5, 0.6) is 0 Å². The predicted molar refractivity (Wildman–Crippen MR) is 77.5 cm³/mol. The maximum atomic E-state index is 12.1. The Balaban J connectivity index is 2.12. The highest BCUT2D eigenvalue weighted by Gasteiger charge is 2.22. The fourth-order valence-corrected chi connectivity index (χ4v) is 4.12. The minimum atomic E-state index is -3.53. The van der Waals surface area contributed by atoms with Crippen molar-refractivity contribution in [2.75, 3.05) is 11.0 Å². The summed E-state index contributed by atoms with van der Waals surface area (Å²) in [5.41, 5.74) is 0.340. The van der Waals surface area contributed by atoms with Crippen LogP contribution in [0.4, 0.5) is 5.69 Å². The highest BCUT2D eigenvalue weighted by Crippen LogP contribution is 2.21. The molecule has 112 valence electrons. The van der Waals surface area contributed by atoms with Gasteiger partial charge in [-0.2, -0.15) is 0 Å². The molecule has 0 saturated heterocycles. The molecule has 6 nitrogen and oxygen atoms in total. The van der Waals surface area contributed by atoms with Crippen LogP contribution in [-0.4, -0.2) is 29.1 Å². The van der Waals surface area contributed by atoms with Crippen molar-refractivity contribution >= 4 is 25.7 Å². The van der Waals surface area contributed by atoms with Crippen molar-refractivity contribution in [3.8, 4) is 0 Å². The quantitative estimate of drug-likeness (QED) is 0.855. The normalized spacial score (nSPS) is 17.2. The Bertz CT molecular complexity index is 660. The molecule has 0 radical (unpaired) electrons. The first-order chi connectivity index (χ1) is 9.26. The second-order valence-electron chi connectivity index (χ2n) is 5.00. The van der Waals surface area contributed by atoms with Crippen LogP contribution in [0, 0.1) is 0 Å². The van der Waals surface area contributed by atoms with E-state index in [1.165, 1.54) is 24.3 Å². The van der Waals surface area contributed by atoms with Gasteiger partial charge in [0.1, 0.15) is 0 Å². The van der Waals surface area contributed by atoms with Crippen molar-refractivity contribution < 1.29 is 16.8 Å². The summed E-state index contributed by atoms with van der Waals surface area (Å²) in [6, 6.07) is 5.67. The first kappa shape index (κ1) is 15.3. The van der Waals surface area contributed by atoms with Crippen LogP contribution in [0.1, 0.15) is 25.7 Å². The molecule has 1 aromatic rings. The van der Waals surface area contributed by atoms with E-state index in [0.717, 1.165) is 31.9 Å². The summed E-state index contributed by atoms with van der Waals surface area (Å²) >= 11 is 0. The molecule has 1 aliphatic carbocycles. The maximum absolute atomic E-state index is 12.1. The van der Waals surface area contributed by atoms with Crippen LogP contribution in [-0.2, 0) is 20.0 Å². The average molecular weight is 318 g/mol. The highest BCUT2D eigenvalue weighted by atomic mass is 32.2. The number of benzene rings is 1. The monoisotopic (exact) mass is 318 g/mol. The minimum absolute atomic E-state index is 0.00817. The molecule has 0 spiro atoms. The molecular weight excluding hydrogens is 300 g/mol. The lowest BCUT2D eigenvalue weighted by Crippen LogP contribution is -2.32. The molecule has 0 atom stereocenters. The maximum Gasteiger partial charge on any atom is 0.240 e. The summed E-state index contributed by atoms with van der Waals surface area (Å²) in [6.07, 6.45) is 4.87. The van der Waals surface area contributed by atoms with Crippen molar-refractivity contribution in [3.63, 3.8) is 0 Å². The molecule has 0 heterocycles. The van der Waals surface area contributed by atoms with Gasteiger partial charge in [-0.3, -0.25) is 4.72 Å². The molecule has 1 aromatic carbocycles. The van der Waals surface area contributed by atoms with E-state index in [2.05, 4.69) is 9.44 Å². The Morgan fingerprint density at radius 1 is 1.00 bits per heavy atom. The average Bonchev–Trinajstić information content (AvgIpc) is 2.79. The van der Waals surface area contributed by atoms with Crippen molar-refractivity contribution in [1.29, 1.82) is 0 Å². The van der Waals surface area contributed by atoms with Crippen LogP contribution in [0.3, 0.4) is 0 Å². The molecule has 1 saturated carbocycles. The molecule has 0 aliphatic heterocycles. The Morgan fingerprint density at radius 2 is 1.55 bits per heavy atom. The number of hydrogen-bond donors (Lipinski definition) is 2. The zero-order valence-corrected chi connectivity index (χ0v) is 12.8. The molecule has 0 amide bonds. The van der Waals surface area contributed by atoms with Crippen molar-refractivity contribution in [3.05, 3.63) is 24.3 Å². The van der Waals surface area contributed by atoms with E-state index < -0.39 is 20.0 Å². The fraction of sp³-hybridized carbons (Fsp3) is 0.500. The van der Waals surface area contributed by atoms with Gasteiger partial charge in [-0.25, -0.2) is 21.6 Å². The summed E-state index contributed by atoms with van der Waals surface area (Å²) < 4.78 is 51.4. The molecule has 0 aromatic heterocycles. The highest BCUT2D eigenvalue weighted by molar-refractivity contribution is 7.92. The van der Waals surface area contributed by atoms with Gasteiger partial charge in [0.05, 0.1) is 11.2 Å². The molecule has 2 N–H and O–H groups in total. The largest absolute Gasteiger partial charge is 0.284 e. The van der Waals surface area contributed by atoms with E-state index in [-0.39, 0.29) is 10.9 Å². The first-order valence-electron chi connectivity index (χ1n) is 6.36. The Hall–Kier alpha value is -1.12. The number of hydrogen-bond acceptors (Lipinski definition) is 4. The van der Waals surface area contributed by atoms with Crippen LogP contribution < -0.4 is 9.44 Å². The standard InChI is InChI=1S/C12H18N2O4S2/c1-19(15,16)13-11-6-8-12(9-7-11)20(17,18)14-10-4-2-3-5-10/h6-10,13-14H,2-5H2,1H3. The lowest BCUT2D eigenvalue weighted by molar-refractivity contribution is 0.552. The minimum Gasteiger partial charge on any atom is -0.284 e. The van der Waals surface area contributed by atoms with E-state index in [0.29, 0.717) is 5.69 Å². The summed E-state index contributed by atoms with van der Waals surface area (Å²) in [5.74, 6) is 0. The van der Waals surface area contributed by atoms with Gasteiger partial charge in [0.2, 0.25) is 20.0 Å². The van der Waals surface area contributed by atoms with Gasteiger partial charge in [0.15, 0.2) is 0 Å². The van der Waals surface area contributed by atoms with Gasteiger partial charge >= 0.3 is 0 Å². The number of sulfonamides is 2. The van der Waals surface area contributed by atoms with E-state index in [1.54, 1.807) is 0 Å². The van der Waals surface area contributed by atoms with Gasteiger partial charge in [-0.1, -0.05) is 12.8 Å². The van der Waals surface area contributed by atoms with Crippen molar-refractivity contribution in [2.24, 2.45) is 0 Å². The number of rotatable bonds is 5. The molecule has 1 fully saturated rings. The third-order valence-corrected chi connectivity index (χ3v) is 5.29. The van der Waals surface area contributed by atoms with Gasteiger partial charge in [-0.05, 0) is 37.1 Å². The topological polar surface area (TPSA) is 92.3 Å². The van der Waals surface area contributed by atoms with Gasteiger partial charge in [0.25, 0.3) is 0 Å². The van der Waals surface area contributed by atoms with Crippen molar-refractivity contribution in [2.45, 2.75) is 36.6 Å². The fourth-order valence-electron chi connectivity index (χ4n) is 2.25. The third-order valence-electron chi connectivity index (χ3n) is 3.14. The Kier molecular flexibility index (Phi) is 4.36. The summed E-state index contributed by atoms with van der Waals surface area (Å²) in [5, 5.41) is 0. The van der Waals surface area contributed by atoms with Gasteiger partial charge in [0, 0.05) is 11.7 Å². The molecule has 20 heavy (non-hydrogen) atoms. The number of nitrogens with one attached hydrogen (secondary N) is 2. The molecule has 1 aliphatic rings. The second-order valence-corrected chi connectivity index (χ2v) is 8.46. The van der Waals surface area contributed by atoms with E-state index in [9.17, 15) is 16.8 Å². The predicted octanol–water partition coefficient (Wildman–Crippen LogP) is 1.28. The second kappa shape index (κ2) is 5.71. The molecule has 2 rings (SSSR count). The zero-order chi connectivity index (χ0) is 14.8. The van der Waals surface area contributed by atoms with Crippen LogP contribution in [0.25, 0.3) is 0 Å². The van der Waals surface area contributed by atoms with Gasteiger partial charge < -0.3 is 0 Å². The SMILES string of the molecule is CS(=O)(=O)Nc1ccc(S(=O)(=O)NC2CCCC2)cc1. The van der Waals surface area contributed by atoms with E-state index >= 15 is 0 Å². The molecular formula is C12H18N2O4S2. The molecule has 0 unspecified atom stereocenters. The summed E-state index contributed by atoms with van der Waals surface area (Å²) in [6.45, 7) is 0.